The van der Waals surface area contributed by atoms with Gasteiger partial charge in [0.2, 0.25) is 0 Å². The zero-order valence-electron chi connectivity index (χ0n) is 9.81. The van der Waals surface area contributed by atoms with Crippen LogP contribution in [0.25, 0.3) is 0 Å². The van der Waals surface area contributed by atoms with Crippen molar-refractivity contribution in [3.8, 4) is 0 Å². The van der Waals surface area contributed by atoms with E-state index in [1.807, 2.05) is 0 Å². The van der Waals surface area contributed by atoms with Crippen LogP contribution in [0.5, 0.6) is 0 Å². The van der Waals surface area contributed by atoms with Gasteiger partial charge in [0.05, 0.1) is 16.3 Å². The highest BCUT2D eigenvalue weighted by atomic mass is 32.2. The Balaban J connectivity index is 2.75. The normalized spacial score (nSPS) is 11.9. The maximum Gasteiger partial charge on any atom is 0.180 e. The zero-order chi connectivity index (χ0) is 12.2. The third kappa shape index (κ3) is 3.52. The molecule has 0 saturated heterocycles. The summed E-state index contributed by atoms with van der Waals surface area (Å²) in [5.41, 5.74) is 6.00. The van der Waals surface area contributed by atoms with Crippen LogP contribution in [0.2, 0.25) is 0 Å². The molecule has 0 bridgehead atoms. The first-order valence-electron chi connectivity index (χ1n) is 5.51. The smallest absolute Gasteiger partial charge is 0.180 e. The number of para-hydroxylation sites is 1. The quantitative estimate of drug-likeness (QED) is 0.806. The first-order valence-corrected chi connectivity index (χ1v) is 7.16. The maximum atomic E-state index is 12.0. The zero-order valence-corrected chi connectivity index (χ0v) is 10.6. The number of rotatable bonds is 5. The Morgan fingerprint density at radius 1 is 1.25 bits per heavy atom. The van der Waals surface area contributed by atoms with Gasteiger partial charge in [-0.15, -0.1) is 0 Å². The Labute approximate surface area is 97.6 Å². The topological polar surface area (TPSA) is 60.2 Å². The van der Waals surface area contributed by atoms with Gasteiger partial charge in [-0.05, 0) is 30.9 Å². The molecule has 0 aromatic heterocycles. The van der Waals surface area contributed by atoms with Gasteiger partial charge in [0.25, 0.3) is 0 Å². The lowest BCUT2D eigenvalue weighted by Gasteiger charge is -2.08. The van der Waals surface area contributed by atoms with E-state index in [1.54, 1.807) is 24.3 Å². The molecule has 0 atom stereocenters. The second-order valence-electron chi connectivity index (χ2n) is 4.39. The molecule has 90 valence electrons. The molecule has 1 aromatic carbocycles. The van der Waals surface area contributed by atoms with Crippen LogP contribution < -0.4 is 5.73 Å². The molecule has 0 radical (unpaired) electrons. The molecule has 0 aliphatic carbocycles. The van der Waals surface area contributed by atoms with E-state index in [4.69, 9.17) is 5.73 Å². The third-order valence-corrected chi connectivity index (χ3v) is 4.32. The molecule has 0 fully saturated rings. The molecule has 16 heavy (non-hydrogen) atoms. The monoisotopic (exact) mass is 241 g/mol. The fourth-order valence-electron chi connectivity index (χ4n) is 1.56. The fourth-order valence-corrected chi connectivity index (χ4v) is 3.03. The predicted octanol–water partition coefficient (Wildman–Crippen LogP) is 2.48. The average molecular weight is 241 g/mol. The van der Waals surface area contributed by atoms with Crippen molar-refractivity contribution in [3.05, 3.63) is 24.3 Å². The number of hydrogen-bond donors (Lipinski definition) is 1. The third-order valence-electron chi connectivity index (χ3n) is 2.45. The van der Waals surface area contributed by atoms with Gasteiger partial charge in [-0.2, -0.15) is 0 Å². The minimum Gasteiger partial charge on any atom is -0.398 e. The molecule has 0 aliphatic heterocycles. The summed E-state index contributed by atoms with van der Waals surface area (Å²) in [5, 5.41) is 0. The lowest BCUT2D eigenvalue weighted by molar-refractivity contribution is 0.560. The van der Waals surface area contributed by atoms with Crippen molar-refractivity contribution in [2.75, 3.05) is 11.5 Å². The van der Waals surface area contributed by atoms with Gasteiger partial charge in [-0.1, -0.05) is 26.0 Å². The average Bonchev–Trinajstić information content (AvgIpc) is 2.17. The standard InChI is InChI=1S/C12H19NO2S/c1-10(2)6-5-9-16(14,15)12-8-4-3-7-11(12)13/h3-4,7-8,10H,5-6,9,13H2,1-2H3. The lowest BCUT2D eigenvalue weighted by atomic mass is 10.1. The maximum absolute atomic E-state index is 12.0. The number of anilines is 1. The summed E-state index contributed by atoms with van der Waals surface area (Å²) in [7, 11) is -3.21. The molecule has 2 N–H and O–H groups in total. The van der Waals surface area contributed by atoms with E-state index in [9.17, 15) is 8.42 Å². The van der Waals surface area contributed by atoms with Crippen LogP contribution in [0.1, 0.15) is 26.7 Å². The summed E-state index contributed by atoms with van der Waals surface area (Å²) in [6, 6.07) is 6.63. The molecule has 0 heterocycles. The van der Waals surface area contributed by atoms with Crippen LogP contribution in [0.4, 0.5) is 5.69 Å². The van der Waals surface area contributed by atoms with Gasteiger partial charge >= 0.3 is 0 Å². The number of sulfone groups is 1. The number of hydrogen-bond acceptors (Lipinski definition) is 3. The molecule has 0 aliphatic rings. The molecule has 3 nitrogen and oxygen atoms in total. The molecule has 0 saturated carbocycles. The van der Waals surface area contributed by atoms with Crippen LogP contribution in [0.3, 0.4) is 0 Å². The Bertz CT molecular complexity index is 438. The van der Waals surface area contributed by atoms with Crippen molar-refractivity contribution in [2.45, 2.75) is 31.6 Å². The Morgan fingerprint density at radius 3 is 2.44 bits per heavy atom. The van der Waals surface area contributed by atoms with Crippen LogP contribution in [-0.4, -0.2) is 14.2 Å². The van der Waals surface area contributed by atoms with Crippen molar-refractivity contribution in [1.82, 2.24) is 0 Å². The number of benzene rings is 1. The second-order valence-corrected chi connectivity index (χ2v) is 6.47. The van der Waals surface area contributed by atoms with E-state index in [2.05, 4.69) is 13.8 Å². The van der Waals surface area contributed by atoms with Crippen molar-refractivity contribution < 1.29 is 8.42 Å². The van der Waals surface area contributed by atoms with Gasteiger partial charge in [0.15, 0.2) is 9.84 Å². The largest absolute Gasteiger partial charge is 0.398 e. The highest BCUT2D eigenvalue weighted by Gasteiger charge is 2.16. The molecule has 0 unspecified atom stereocenters. The summed E-state index contributed by atoms with van der Waals surface area (Å²) in [5.74, 6) is 0.711. The summed E-state index contributed by atoms with van der Waals surface area (Å²) in [6.07, 6.45) is 1.61. The molecule has 0 amide bonds. The number of nitrogens with two attached hydrogens (primary N) is 1. The fraction of sp³-hybridized carbons (Fsp3) is 0.500. The predicted molar refractivity (Wildman–Crippen MR) is 67.0 cm³/mol. The molecular formula is C12H19NO2S. The van der Waals surface area contributed by atoms with Gasteiger partial charge in [0.1, 0.15) is 0 Å². The summed E-state index contributed by atoms with van der Waals surface area (Å²) < 4.78 is 23.9. The van der Waals surface area contributed by atoms with Gasteiger partial charge < -0.3 is 5.73 Å². The van der Waals surface area contributed by atoms with E-state index < -0.39 is 9.84 Å². The number of nitrogen functional groups attached to an aromatic ring is 1. The van der Waals surface area contributed by atoms with E-state index >= 15 is 0 Å². The van der Waals surface area contributed by atoms with Crippen LogP contribution in [0.15, 0.2) is 29.2 Å². The molecule has 1 rings (SSSR count). The van der Waals surface area contributed by atoms with Crippen molar-refractivity contribution in [3.63, 3.8) is 0 Å². The highest BCUT2D eigenvalue weighted by Crippen LogP contribution is 2.20. The second kappa shape index (κ2) is 5.34. The van der Waals surface area contributed by atoms with Crippen molar-refractivity contribution >= 4 is 15.5 Å². The molecule has 4 heteroatoms. The van der Waals surface area contributed by atoms with Crippen molar-refractivity contribution in [1.29, 1.82) is 0 Å². The van der Waals surface area contributed by atoms with Crippen molar-refractivity contribution in [2.24, 2.45) is 5.92 Å². The Kier molecular flexibility index (Phi) is 4.35. The van der Waals surface area contributed by atoms with E-state index in [1.165, 1.54) is 0 Å². The SMILES string of the molecule is CC(C)CCCS(=O)(=O)c1ccccc1N. The first-order chi connectivity index (χ1) is 7.43. The summed E-state index contributed by atoms with van der Waals surface area (Å²) >= 11 is 0. The minimum atomic E-state index is -3.21. The Hall–Kier alpha value is -1.03. The minimum absolute atomic E-state index is 0.180. The van der Waals surface area contributed by atoms with Crippen LogP contribution in [-0.2, 0) is 9.84 Å². The van der Waals surface area contributed by atoms with E-state index in [-0.39, 0.29) is 10.6 Å². The highest BCUT2D eigenvalue weighted by molar-refractivity contribution is 7.91. The first kappa shape index (κ1) is 13.0. The molecular weight excluding hydrogens is 222 g/mol. The van der Waals surface area contributed by atoms with Gasteiger partial charge in [0, 0.05) is 0 Å². The van der Waals surface area contributed by atoms with Gasteiger partial charge in [-0.25, -0.2) is 8.42 Å². The molecule has 0 spiro atoms. The van der Waals surface area contributed by atoms with E-state index in [0.717, 1.165) is 6.42 Å². The van der Waals surface area contributed by atoms with Crippen LogP contribution >= 0.6 is 0 Å². The Morgan fingerprint density at radius 2 is 1.88 bits per heavy atom. The van der Waals surface area contributed by atoms with Crippen LogP contribution in [0, 0.1) is 5.92 Å². The summed E-state index contributed by atoms with van der Waals surface area (Å²) in [6.45, 7) is 4.17. The van der Waals surface area contributed by atoms with E-state index in [0.29, 0.717) is 18.0 Å². The summed E-state index contributed by atoms with van der Waals surface area (Å²) in [4.78, 5) is 0.263. The van der Waals surface area contributed by atoms with Gasteiger partial charge in [-0.3, -0.25) is 0 Å². The lowest BCUT2D eigenvalue weighted by Crippen LogP contribution is -2.10. The molecule has 1 aromatic rings.